The van der Waals surface area contributed by atoms with Crippen molar-refractivity contribution in [3.8, 4) is 0 Å². The fourth-order valence-electron chi connectivity index (χ4n) is 3.79. The van der Waals surface area contributed by atoms with Crippen LogP contribution in [0.5, 0.6) is 0 Å². The van der Waals surface area contributed by atoms with Gasteiger partial charge in [0.25, 0.3) is 11.5 Å². The Kier molecular flexibility index (Phi) is 6.48. The maximum Gasteiger partial charge on any atom is 0.263 e. The highest BCUT2D eigenvalue weighted by Crippen LogP contribution is 2.17. The summed E-state index contributed by atoms with van der Waals surface area (Å²) in [6.07, 6.45) is 1.72. The number of ether oxygens (including phenoxy) is 1. The Morgan fingerprint density at radius 1 is 0.935 bits per heavy atom. The summed E-state index contributed by atoms with van der Waals surface area (Å²) in [4.78, 5) is 29.8. The molecule has 31 heavy (non-hydrogen) atoms. The van der Waals surface area contributed by atoms with E-state index in [2.05, 4.69) is 17.0 Å². The number of hydrogen-bond donors (Lipinski definition) is 0. The number of carbonyl (C=O) groups is 1. The molecule has 0 spiro atoms. The van der Waals surface area contributed by atoms with Crippen LogP contribution >= 0.6 is 0 Å². The van der Waals surface area contributed by atoms with E-state index < -0.39 is 0 Å². The largest absolute Gasteiger partial charge is 0.378 e. The van der Waals surface area contributed by atoms with Gasteiger partial charge in [0.05, 0.1) is 19.8 Å². The molecule has 0 unspecified atom stereocenters. The fraction of sp³-hybridized carbons (Fsp3) is 0.280. The summed E-state index contributed by atoms with van der Waals surface area (Å²) in [6, 6.07) is 21.3. The van der Waals surface area contributed by atoms with Crippen LogP contribution in [0.4, 0.5) is 5.69 Å². The highest BCUT2D eigenvalue weighted by atomic mass is 16.5. The van der Waals surface area contributed by atoms with Crippen molar-refractivity contribution in [1.82, 2.24) is 9.47 Å². The van der Waals surface area contributed by atoms with Gasteiger partial charge in [-0.05, 0) is 35.4 Å². The molecule has 2 heterocycles. The molecule has 1 fully saturated rings. The van der Waals surface area contributed by atoms with Crippen LogP contribution in [0.15, 0.2) is 77.7 Å². The lowest BCUT2D eigenvalue weighted by atomic mass is 10.1. The van der Waals surface area contributed by atoms with Gasteiger partial charge >= 0.3 is 0 Å². The second-order valence-electron chi connectivity index (χ2n) is 7.77. The van der Waals surface area contributed by atoms with Crippen LogP contribution in [-0.2, 0) is 17.8 Å². The Balaban J connectivity index is 1.44. The number of hydrogen-bond acceptors (Lipinski definition) is 4. The Bertz CT molecular complexity index is 1070. The zero-order valence-electron chi connectivity index (χ0n) is 17.7. The van der Waals surface area contributed by atoms with Gasteiger partial charge in [0.2, 0.25) is 0 Å². The van der Waals surface area contributed by atoms with E-state index in [0.29, 0.717) is 13.1 Å². The summed E-state index contributed by atoms with van der Waals surface area (Å²) < 4.78 is 6.98. The van der Waals surface area contributed by atoms with E-state index in [1.165, 1.54) is 0 Å². The van der Waals surface area contributed by atoms with Gasteiger partial charge in [-0.3, -0.25) is 9.59 Å². The average molecular weight is 418 g/mol. The lowest BCUT2D eigenvalue weighted by Crippen LogP contribution is -2.36. The number of benzene rings is 2. The Morgan fingerprint density at radius 3 is 2.35 bits per heavy atom. The van der Waals surface area contributed by atoms with E-state index in [1.807, 2.05) is 42.5 Å². The summed E-state index contributed by atoms with van der Waals surface area (Å²) in [6.45, 7) is 4.15. The fourth-order valence-corrected chi connectivity index (χ4v) is 3.79. The van der Waals surface area contributed by atoms with Gasteiger partial charge < -0.3 is 19.1 Å². The first-order valence-corrected chi connectivity index (χ1v) is 10.5. The van der Waals surface area contributed by atoms with Crippen molar-refractivity contribution in [2.75, 3.05) is 38.3 Å². The lowest BCUT2D eigenvalue weighted by Gasteiger charge is -2.29. The molecule has 1 aliphatic rings. The van der Waals surface area contributed by atoms with Crippen molar-refractivity contribution in [2.45, 2.75) is 13.1 Å². The smallest absolute Gasteiger partial charge is 0.263 e. The van der Waals surface area contributed by atoms with Gasteiger partial charge in [0, 0.05) is 38.6 Å². The van der Waals surface area contributed by atoms with Crippen molar-refractivity contribution in [2.24, 2.45) is 0 Å². The molecule has 160 valence electrons. The molecule has 2 aromatic carbocycles. The second kappa shape index (κ2) is 9.62. The van der Waals surface area contributed by atoms with Crippen LogP contribution in [0, 0.1) is 0 Å². The number of pyridine rings is 1. The van der Waals surface area contributed by atoms with Crippen LogP contribution < -0.4 is 10.5 Å². The first-order chi connectivity index (χ1) is 15.1. The molecule has 0 saturated carbocycles. The zero-order valence-corrected chi connectivity index (χ0v) is 17.7. The summed E-state index contributed by atoms with van der Waals surface area (Å²) in [5, 5.41) is 0. The minimum atomic E-state index is -0.273. The third-order valence-corrected chi connectivity index (χ3v) is 5.53. The molecule has 1 aliphatic heterocycles. The monoisotopic (exact) mass is 417 g/mol. The predicted molar refractivity (Wildman–Crippen MR) is 122 cm³/mol. The van der Waals surface area contributed by atoms with Gasteiger partial charge in [-0.1, -0.05) is 42.5 Å². The zero-order chi connectivity index (χ0) is 21.6. The lowest BCUT2D eigenvalue weighted by molar-refractivity contribution is 0.0782. The first-order valence-electron chi connectivity index (χ1n) is 10.5. The maximum absolute atomic E-state index is 13.0. The third kappa shape index (κ3) is 5.03. The van der Waals surface area contributed by atoms with Crippen molar-refractivity contribution in [3.05, 3.63) is 100.0 Å². The van der Waals surface area contributed by atoms with Gasteiger partial charge in [-0.2, -0.15) is 0 Å². The van der Waals surface area contributed by atoms with Gasteiger partial charge in [-0.15, -0.1) is 0 Å². The number of nitrogens with zero attached hydrogens (tertiary/aromatic N) is 3. The topological polar surface area (TPSA) is 54.8 Å². The van der Waals surface area contributed by atoms with Crippen LogP contribution in [0.3, 0.4) is 0 Å². The van der Waals surface area contributed by atoms with Gasteiger partial charge in [-0.25, -0.2) is 0 Å². The molecule has 0 radical (unpaired) electrons. The summed E-state index contributed by atoms with van der Waals surface area (Å²) >= 11 is 0. The number of aromatic nitrogens is 1. The van der Waals surface area contributed by atoms with Crippen molar-refractivity contribution < 1.29 is 9.53 Å². The molecule has 1 saturated heterocycles. The molecule has 0 aliphatic carbocycles. The quantitative estimate of drug-likeness (QED) is 0.619. The normalized spacial score (nSPS) is 13.8. The summed E-state index contributed by atoms with van der Waals surface area (Å²) in [7, 11) is 1.73. The van der Waals surface area contributed by atoms with Crippen molar-refractivity contribution in [1.29, 1.82) is 0 Å². The average Bonchev–Trinajstić information content (AvgIpc) is 2.82. The van der Waals surface area contributed by atoms with E-state index in [4.69, 9.17) is 4.74 Å². The highest BCUT2D eigenvalue weighted by Gasteiger charge is 2.17. The molecular formula is C25H27N3O3. The number of rotatable bonds is 6. The van der Waals surface area contributed by atoms with Gasteiger partial charge in [0.15, 0.2) is 0 Å². The summed E-state index contributed by atoms with van der Waals surface area (Å²) in [5.74, 6) is -0.273. The molecule has 0 N–H and O–H groups in total. The number of morpholine rings is 1. The predicted octanol–water partition coefficient (Wildman–Crippen LogP) is 3.01. The Morgan fingerprint density at radius 2 is 1.65 bits per heavy atom. The second-order valence-corrected chi connectivity index (χ2v) is 7.77. The standard InChI is InChI=1S/C25H27N3O3/c1-26(18-21-9-11-22(12-10-21)27-14-16-31-17-15-27)24(29)23-8-5-13-28(25(23)30)19-20-6-3-2-4-7-20/h2-13H,14-19H2,1H3. The van der Waals surface area contributed by atoms with E-state index in [0.717, 1.165) is 43.1 Å². The van der Waals surface area contributed by atoms with Gasteiger partial charge in [0.1, 0.15) is 5.56 Å². The number of amides is 1. The number of anilines is 1. The van der Waals surface area contributed by atoms with Crippen LogP contribution in [0.2, 0.25) is 0 Å². The molecule has 1 amide bonds. The highest BCUT2D eigenvalue weighted by molar-refractivity contribution is 5.93. The molecule has 0 bridgehead atoms. The first kappa shape index (κ1) is 20.9. The SMILES string of the molecule is CN(Cc1ccc(N2CCOCC2)cc1)C(=O)c1cccn(Cc2ccccc2)c1=O. The van der Waals surface area contributed by atoms with Crippen LogP contribution in [0.1, 0.15) is 21.5 Å². The van der Waals surface area contributed by atoms with E-state index in [-0.39, 0.29) is 17.0 Å². The molecule has 1 aromatic heterocycles. The molecule has 3 aromatic rings. The van der Waals surface area contributed by atoms with E-state index >= 15 is 0 Å². The minimum absolute atomic E-state index is 0.186. The van der Waals surface area contributed by atoms with Crippen molar-refractivity contribution in [3.63, 3.8) is 0 Å². The maximum atomic E-state index is 13.0. The van der Waals surface area contributed by atoms with E-state index in [1.54, 1.807) is 34.8 Å². The minimum Gasteiger partial charge on any atom is -0.378 e. The molecule has 6 heteroatoms. The number of carbonyl (C=O) groups excluding carboxylic acids is 1. The molecule has 6 nitrogen and oxygen atoms in total. The van der Waals surface area contributed by atoms with Crippen LogP contribution in [0.25, 0.3) is 0 Å². The van der Waals surface area contributed by atoms with Crippen molar-refractivity contribution >= 4 is 11.6 Å². The Hall–Kier alpha value is -3.38. The molecule has 4 rings (SSSR count). The Labute approximate surface area is 182 Å². The van der Waals surface area contributed by atoms with E-state index in [9.17, 15) is 9.59 Å². The molecular weight excluding hydrogens is 390 g/mol. The third-order valence-electron chi connectivity index (χ3n) is 5.53. The summed E-state index contributed by atoms with van der Waals surface area (Å²) in [5.41, 5.74) is 3.11. The molecule has 0 atom stereocenters. The van der Waals surface area contributed by atoms with Crippen LogP contribution in [-0.4, -0.2) is 48.7 Å².